The summed E-state index contributed by atoms with van der Waals surface area (Å²) in [6.07, 6.45) is 5.33. The van der Waals surface area contributed by atoms with Gasteiger partial charge in [0, 0.05) is 33.9 Å². The number of nitrogens with one attached hydrogen (secondary N) is 3. The molecule has 1 saturated heterocycles. The van der Waals surface area contributed by atoms with Crippen molar-refractivity contribution < 1.29 is 8.42 Å². The number of rotatable bonds is 5. The first-order chi connectivity index (χ1) is 12.5. The summed E-state index contributed by atoms with van der Waals surface area (Å²) in [5, 5.41) is 4.94. The second kappa shape index (κ2) is 6.95. The summed E-state index contributed by atoms with van der Waals surface area (Å²) in [5.41, 5.74) is 2.74. The Bertz CT molecular complexity index is 1040. The highest BCUT2D eigenvalue weighted by atomic mass is 35.5. The van der Waals surface area contributed by atoms with Crippen LogP contribution in [-0.4, -0.2) is 26.0 Å². The maximum atomic E-state index is 12.6. The molecule has 0 aliphatic carbocycles. The third-order valence-corrected chi connectivity index (χ3v) is 6.37. The van der Waals surface area contributed by atoms with Crippen LogP contribution in [0.5, 0.6) is 0 Å². The number of anilines is 1. The highest BCUT2D eigenvalue weighted by molar-refractivity contribution is 7.92. The van der Waals surface area contributed by atoms with Crippen LogP contribution in [0, 0.1) is 0 Å². The smallest absolute Gasteiger partial charge is 0.261 e. The average molecular weight is 390 g/mol. The first-order valence-electron chi connectivity index (χ1n) is 8.63. The second-order valence-electron chi connectivity index (χ2n) is 6.63. The molecule has 7 heteroatoms. The van der Waals surface area contributed by atoms with Crippen molar-refractivity contribution in [2.75, 3.05) is 11.3 Å². The molecule has 1 fully saturated rings. The molecule has 4 rings (SSSR count). The van der Waals surface area contributed by atoms with E-state index in [1.54, 1.807) is 18.2 Å². The van der Waals surface area contributed by atoms with E-state index in [9.17, 15) is 8.42 Å². The monoisotopic (exact) mass is 389 g/mol. The first kappa shape index (κ1) is 17.4. The van der Waals surface area contributed by atoms with Crippen LogP contribution in [0.1, 0.15) is 18.4 Å². The normalized spacial score (nSPS) is 17.7. The topological polar surface area (TPSA) is 74.0 Å². The lowest BCUT2D eigenvalue weighted by atomic mass is 10.0. The first-order valence-corrected chi connectivity index (χ1v) is 10.5. The van der Waals surface area contributed by atoms with Crippen molar-refractivity contribution in [2.24, 2.45) is 0 Å². The maximum Gasteiger partial charge on any atom is 0.261 e. The number of hydrogen-bond donors (Lipinski definition) is 3. The van der Waals surface area contributed by atoms with Crippen LogP contribution in [0.4, 0.5) is 5.69 Å². The molecule has 1 atom stereocenters. The van der Waals surface area contributed by atoms with E-state index in [4.69, 9.17) is 11.6 Å². The van der Waals surface area contributed by atoms with Gasteiger partial charge in [0.1, 0.15) is 0 Å². The van der Waals surface area contributed by atoms with Crippen molar-refractivity contribution in [2.45, 2.75) is 30.2 Å². The Morgan fingerprint density at radius 3 is 2.85 bits per heavy atom. The van der Waals surface area contributed by atoms with Crippen molar-refractivity contribution in [1.82, 2.24) is 10.3 Å². The lowest BCUT2D eigenvalue weighted by molar-refractivity contribution is 0.601. The SMILES string of the molecule is O=S(=O)(Nc1ccc2[nH]cc(CC3CCCN3)c2c1)c1cccc(Cl)c1. The minimum atomic E-state index is -3.68. The van der Waals surface area contributed by atoms with Crippen molar-refractivity contribution in [3.8, 4) is 0 Å². The third-order valence-electron chi connectivity index (χ3n) is 4.75. The zero-order valence-electron chi connectivity index (χ0n) is 14.1. The zero-order chi connectivity index (χ0) is 18.1. The van der Waals surface area contributed by atoms with E-state index < -0.39 is 10.0 Å². The molecule has 26 heavy (non-hydrogen) atoms. The molecule has 0 amide bonds. The van der Waals surface area contributed by atoms with Gasteiger partial charge in [-0.2, -0.15) is 0 Å². The quantitative estimate of drug-likeness (QED) is 0.619. The van der Waals surface area contributed by atoms with Gasteiger partial charge in [0.2, 0.25) is 0 Å². The van der Waals surface area contributed by atoms with E-state index in [0.717, 1.165) is 23.9 Å². The molecule has 1 aromatic heterocycles. The standard InChI is InChI=1S/C19H20ClN3O2S/c20-14-3-1-5-17(10-14)26(24,25)23-16-6-7-19-18(11-16)13(12-22-19)9-15-4-2-8-21-15/h1,3,5-7,10-12,15,21-23H,2,4,8-9H2. The number of aromatic amines is 1. The number of H-pyrrole nitrogens is 1. The van der Waals surface area contributed by atoms with Gasteiger partial charge in [0.15, 0.2) is 0 Å². The zero-order valence-corrected chi connectivity index (χ0v) is 15.7. The van der Waals surface area contributed by atoms with Gasteiger partial charge < -0.3 is 10.3 Å². The molecule has 0 bridgehead atoms. The van der Waals surface area contributed by atoms with Crippen molar-refractivity contribution in [1.29, 1.82) is 0 Å². The average Bonchev–Trinajstić information content (AvgIpc) is 3.25. The molecule has 3 N–H and O–H groups in total. The molecule has 1 aliphatic heterocycles. The van der Waals surface area contributed by atoms with Gasteiger partial charge in [-0.15, -0.1) is 0 Å². The van der Waals surface area contributed by atoms with Crippen molar-refractivity contribution in [3.63, 3.8) is 0 Å². The molecule has 136 valence electrons. The van der Waals surface area contributed by atoms with Crippen LogP contribution in [0.25, 0.3) is 10.9 Å². The van der Waals surface area contributed by atoms with Crippen LogP contribution >= 0.6 is 11.6 Å². The molecule has 0 spiro atoms. The van der Waals surface area contributed by atoms with E-state index in [1.165, 1.54) is 30.5 Å². The van der Waals surface area contributed by atoms with Gasteiger partial charge >= 0.3 is 0 Å². The number of benzene rings is 2. The minimum absolute atomic E-state index is 0.148. The molecular weight excluding hydrogens is 370 g/mol. The maximum absolute atomic E-state index is 12.6. The third kappa shape index (κ3) is 3.58. The van der Waals surface area contributed by atoms with Crippen LogP contribution in [0.3, 0.4) is 0 Å². The van der Waals surface area contributed by atoms with Crippen LogP contribution in [0.2, 0.25) is 5.02 Å². The van der Waals surface area contributed by atoms with Gasteiger partial charge in [0.25, 0.3) is 10.0 Å². The Morgan fingerprint density at radius 1 is 1.19 bits per heavy atom. The van der Waals surface area contributed by atoms with Gasteiger partial charge in [-0.05, 0) is 67.8 Å². The number of fused-ring (bicyclic) bond motifs is 1. The second-order valence-corrected chi connectivity index (χ2v) is 8.75. The molecule has 1 unspecified atom stereocenters. The fourth-order valence-corrected chi connectivity index (χ4v) is 4.81. The summed E-state index contributed by atoms with van der Waals surface area (Å²) < 4.78 is 27.9. The highest BCUT2D eigenvalue weighted by Gasteiger charge is 2.18. The number of hydrogen-bond acceptors (Lipinski definition) is 3. The molecule has 0 radical (unpaired) electrons. The minimum Gasteiger partial charge on any atom is -0.361 e. The van der Waals surface area contributed by atoms with E-state index in [1.807, 2.05) is 18.3 Å². The molecule has 2 aromatic carbocycles. The molecule has 0 saturated carbocycles. The molecule has 1 aliphatic rings. The molecule has 5 nitrogen and oxygen atoms in total. The predicted octanol–water partition coefficient (Wildman–Crippen LogP) is 3.92. The Labute approximate surface area is 157 Å². The van der Waals surface area contributed by atoms with Crippen molar-refractivity contribution >= 4 is 38.2 Å². The summed E-state index contributed by atoms with van der Waals surface area (Å²) >= 11 is 5.92. The van der Waals surface area contributed by atoms with E-state index >= 15 is 0 Å². The van der Waals surface area contributed by atoms with E-state index in [2.05, 4.69) is 15.0 Å². The molecule has 2 heterocycles. The fourth-order valence-electron chi connectivity index (χ4n) is 3.46. The Morgan fingerprint density at radius 2 is 2.08 bits per heavy atom. The Kier molecular flexibility index (Phi) is 4.65. The highest BCUT2D eigenvalue weighted by Crippen LogP contribution is 2.26. The fraction of sp³-hybridized carbons (Fsp3) is 0.263. The van der Waals surface area contributed by atoms with Gasteiger partial charge in [-0.1, -0.05) is 17.7 Å². The van der Waals surface area contributed by atoms with Crippen LogP contribution < -0.4 is 10.0 Å². The largest absolute Gasteiger partial charge is 0.361 e. The van der Waals surface area contributed by atoms with Gasteiger partial charge in [-0.3, -0.25) is 4.72 Å². The summed E-state index contributed by atoms with van der Waals surface area (Å²) in [6.45, 7) is 1.07. The van der Waals surface area contributed by atoms with Crippen molar-refractivity contribution in [3.05, 3.63) is 59.2 Å². The molecular formula is C19H20ClN3O2S. The van der Waals surface area contributed by atoms with E-state index in [0.29, 0.717) is 16.8 Å². The van der Waals surface area contributed by atoms with Crippen LogP contribution in [0.15, 0.2) is 53.6 Å². The van der Waals surface area contributed by atoms with Crippen LogP contribution in [-0.2, 0) is 16.4 Å². The Hall–Kier alpha value is -2.02. The number of halogens is 1. The number of sulfonamides is 1. The summed E-state index contributed by atoms with van der Waals surface area (Å²) in [4.78, 5) is 3.42. The molecule has 3 aromatic rings. The lowest BCUT2D eigenvalue weighted by Crippen LogP contribution is -2.23. The summed E-state index contributed by atoms with van der Waals surface area (Å²) in [5.74, 6) is 0. The Balaban J connectivity index is 1.62. The summed E-state index contributed by atoms with van der Waals surface area (Å²) in [7, 11) is -3.68. The van der Waals surface area contributed by atoms with Gasteiger partial charge in [-0.25, -0.2) is 8.42 Å². The van der Waals surface area contributed by atoms with Gasteiger partial charge in [0.05, 0.1) is 4.90 Å². The lowest BCUT2D eigenvalue weighted by Gasteiger charge is -2.11. The summed E-state index contributed by atoms with van der Waals surface area (Å²) in [6, 6.07) is 12.3. The predicted molar refractivity (Wildman–Crippen MR) is 105 cm³/mol. The van der Waals surface area contributed by atoms with E-state index in [-0.39, 0.29) is 4.90 Å². The number of aromatic nitrogens is 1.